The van der Waals surface area contributed by atoms with Crippen molar-refractivity contribution in [2.24, 2.45) is 5.73 Å². The van der Waals surface area contributed by atoms with Crippen molar-refractivity contribution in [1.82, 2.24) is 4.57 Å². The van der Waals surface area contributed by atoms with Crippen LogP contribution in [-0.4, -0.2) is 11.1 Å². The van der Waals surface area contributed by atoms with Crippen LogP contribution in [0.2, 0.25) is 0 Å². The van der Waals surface area contributed by atoms with Crippen LogP contribution in [0.3, 0.4) is 0 Å². The van der Waals surface area contributed by atoms with Crippen LogP contribution in [-0.2, 0) is 5.54 Å². The average molecular weight is 267 g/mol. The normalized spacial score (nSPS) is 12.3. The van der Waals surface area contributed by atoms with E-state index >= 15 is 0 Å². The van der Waals surface area contributed by atoms with Gasteiger partial charge in [0.2, 0.25) is 0 Å². The number of aromatic nitrogens is 1. The molecule has 0 unspecified atom stereocenters. The number of halogens is 1. The second kappa shape index (κ2) is 3.65. The number of fused-ring (bicyclic) bond motifs is 1. The van der Waals surface area contributed by atoms with E-state index in [4.69, 9.17) is 5.73 Å². The summed E-state index contributed by atoms with van der Waals surface area (Å²) in [7, 11) is 0. The van der Waals surface area contributed by atoms with Crippen molar-refractivity contribution in [2.45, 2.75) is 19.4 Å². The fourth-order valence-corrected chi connectivity index (χ4v) is 2.12. The van der Waals surface area contributed by atoms with Gasteiger partial charge >= 0.3 is 0 Å². The second-order valence-corrected chi connectivity index (χ2v) is 5.32. The molecule has 0 aliphatic heterocycles. The van der Waals surface area contributed by atoms with E-state index in [0.717, 1.165) is 4.47 Å². The van der Waals surface area contributed by atoms with Gasteiger partial charge in [-0.3, -0.25) is 0 Å². The van der Waals surface area contributed by atoms with Crippen molar-refractivity contribution < 1.29 is 0 Å². The van der Waals surface area contributed by atoms with Crippen molar-refractivity contribution in [3.05, 3.63) is 34.9 Å². The summed E-state index contributed by atoms with van der Waals surface area (Å²) in [5.74, 6) is 0. The predicted molar refractivity (Wildman–Crippen MR) is 68.0 cm³/mol. The predicted octanol–water partition coefficient (Wildman–Crippen LogP) is 3.10. The quantitative estimate of drug-likeness (QED) is 0.890. The average Bonchev–Trinajstić information content (AvgIpc) is 2.61. The van der Waals surface area contributed by atoms with Gasteiger partial charge < -0.3 is 10.3 Å². The highest BCUT2D eigenvalue weighted by atomic mass is 79.9. The van der Waals surface area contributed by atoms with Gasteiger partial charge in [0.15, 0.2) is 0 Å². The minimum Gasteiger partial charge on any atom is -0.341 e. The third-order valence-electron chi connectivity index (χ3n) is 2.80. The molecule has 0 saturated heterocycles. The summed E-state index contributed by atoms with van der Waals surface area (Å²) in [6.45, 7) is 4.93. The highest BCUT2D eigenvalue weighted by Gasteiger charge is 2.19. The molecule has 0 atom stereocenters. The largest absolute Gasteiger partial charge is 0.341 e. The monoisotopic (exact) mass is 266 g/mol. The molecule has 0 aliphatic rings. The lowest BCUT2D eigenvalue weighted by Gasteiger charge is -2.26. The first-order valence-corrected chi connectivity index (χ1v) is 5.81. The molecule has 0 amide bonds. The molecule has 2 aromatic rings. The minimum atomic E-state index is -0.0322. The third kappa shape index (κ3) is 1.82. The molecular weight excluding hydrogens is 252 g/mol. The molecule has 0 saturated carbocycles. The molecule has 3 heteroatoms. The first kappa shape index (κ1) is 10.7. The van der Waals surface area contributed by atoms with Gasteiger partial charge in [-0.05, 0) is 38.1 Å². The molecule has 80 valence electrons. The zero-order valence-corrected chi connectivity index (χ0v) is 10.6. The van der Waals surface area contributed by atoms with Crippen molar-refractivity contribution in [3.63, 3.8) is 0 Å². The molecule has 0 aliphatic carbocycles. The Morgan fingerprint density at radius 1 is 1.33 bits per heavy atom. The molecule has 0 bridgehead atoms. The number of nitrogens with two attached hydrogens (primary N) is 1. The highest BCUT2D eigenvalue weighted by molar-refractivity contribution is 9.10. The maximum absolute atomic E-state index is 5.79. The second-order valence-electron chi connectivity index (χ2n) is 4.41. The van der Waals surface area contributed by atoms with Crippen LogP contribution in [0.15, 0.2) is 34.9 Å². The van der Waals surface area contributed by atoms with Crippen LogP contribution in [0, 0.1) is 0 Å². The zero-order valence-electron chi connectivity index (χ0n) is 9.00. The summed E-state index contributed by atoms with van der Waals surface area (Å²) in [6.07, 6.45) is 2.10. The van der Waals surface area contributed by atoms with Crippen molar-refractivity contribution >= 4 is 26.8 Å². The number of hydrogen-bond acceptors (Lipinski definition) is 1. The standard InChI is InChI=1S/C12H15BrN2/c1-12(2,8-14)15-6-5-9-7-10(13)3-4-11(9)15/h3-7H,8,14H2,1-2H3. The minimum absolute atomic E-state index is 0.0322. The summed E-state index contributed by atoms with van der Waals surface area (Å²) >= 11 is 3.48. The Morgan fingerprint density at radius 3 is 2.73 bits per heavy atom. The highest BCUT2D eigenvalue weighted by Crippen LogP contribution is 2.25. The van der Waals surface area contributed by atoms with E-state index in [1.807, 2.05) is 0 Å². The van der Waals surface area contributed by atoms with Crippen molar-refractivity contribution in [2.75, 3.05) is 6.54 Å². The van der Waals surface area contributed by atoms with Crippen LogP contribution < -0.4 is 5.73 Å². The topological polar surface area (TPSA) is 30.9 Å². The lowest BCUT2D eigenvalue weighted by molar-refractivity contribution is 0.379. The van der Waals surface area contributed by atoms with E-state index in [9.17, 15) is 0 Å². The van der Waals surface area contributed by atoms with E-state index in [0.29, 0.717) is 6.54 Å². The summed E-state index contributed by atoms with van der Waals surface area (Å²) in [6, 6.07) is 8.43. The number of hydrogen-bond donors (Lipinski definition) is 1. The third-order valence-corrected chi connectivity index (χ3v) is 3.30. The van der Waals surface area contributed by atoms with Crippen LogP contribution in [0.25, 0.3) is 10.9 Å². The van der Waals surface area contributed by atoms with Crippen LogP contribution in [0.5, 0.6) is 0 Å². The van der Waals surface area contributed by atoms with Crippen LogP contribution in [0.1, 0.15) is 13.8 Å². The maximum Gasteiger partial charge on any atom is 0.0511 e. The van der Waals surface area contributed by atoms with Gasteiger partial charge in [0.25, 0.3) is 0 Å². The molecule has 2 rings (SSSR count). The Kier molecular flexibility index (Phi) is 2.61. The molecule has 0 radical (unpaired) electrons. The molecule has 0 fully saturated rings. The maximum atomic E-state index is 5.79. The Bertz CT molecular complexity index is 485. The first-order valence-electron chi connectivity index (χ1n) is 5.02. The SMILES string of the molecule is CC(C)(CN)n1ccc2cc(Br)ccc21. The fraction of sp³-hybridized carbons (Fsp3) is 0.333. The zero-order chi connectivity index (χ0) is 11.1. The molecule has 15 heavy (non-hydrogen) atoms. The van der Waals surface area contributed by atoms with Crippen LogP contribution in [0.4, 0.5) is 0 Å². The lowest BCUT2D eigenvalue weighted by atomic mass is 10.1. The molecular formula is C12H15BrN2. The smallest absolute Gasteiger partial charge is 0.0511 e. The van der Waals surface area contributed by atoms with E-state index < -0.39 is 0 Å². The summed E-state index contributed by atoms with van der Waals surface area (Å²) in [5, 5.41) is 1.24. The molecule has 2 nitrogen and oxygen atoms in total. The lowest BCUT2D eigenvalue weighted by Crippen LogP contribution is -2.34. The van der Waals surface area contributed by atoms with E-state index in [1.165, 1.54) is 10.9 Å². The summed E-state index contributed by atoms with van der Waals surface area (Å²) in [4.78, 5) is 0. The fourth-order valence-electron chi connectivity index (χ4n) is 1.74. The molecule has 1 aromatic heterocycles. The van der Waals surface area contributed by atoms with Gasteiger partial charge in [-0.25, -0.2) is 0 Å². The van der Waals surface area contributed by atoms with Gasteiger partial charge in [0.1, 0.15) is 0 Å². The van der Waals surface area contributed by atoms with E-state index in [-0.39, 0.29) is 5.54 Å². The Labute approximate surface area is 98.2 Å². The summed E-state index contributed by atoms with van der Waals surface area (Å²) < 4.78 is 3.34. The first-order chi connectivity index (χ1) is 7.04. The Morgan fingerprint density at radius 2 is 2.07 bits per heavy atom. The number of nitrogens with zero attached hydrogens (tertiary/aromatic N) is 1. The summed E-state index contributed by atoms with van der Waals surface area (Å²) in [5.41, 5.74) is 6.99. The number of rotatable bonds is 2. The van der Waals surface area contributed by atoms with Gasteiger partial charge in [0, 0.05) is 28.1 Å². The van der Waals surface area contributed by atoms with Gasteiger partial charge in [0.05, 0.1) is 5.54 Å². The van der Waals surface area contributed by atoms with Gasteiger partial charge in [-0.15, -0.1) is 0 Å². The Hall–Kier alpha value is -0.800. The van der Waals surface area contributed by atoms with Crippen LogP contribution >= 0.6 is 15.9 Å². The van der Waals surface area contributed by atoms with E-state index in [1.54, 1.807) is 0 Å². The van der Waals surface area contributed by atoms with Gasteiger partial charge in [-0.2, -0.15) is 0 Å². The molecule has 1 heterocycles. The molecule has 1 aromatic carbocycles. The van der Waals surface area contributed by atoms with E-state index in [2.05, 4.69) is 64.8 Å². The Balaban J connectivity index is 2.64. The van der Waals surface area contributed by atoms with Crippen molar-refractivity contribution in [1.29, 1.82) is 0 Å². The number of benzene rings is 1. The van der Waals surface area contributed by atoms with Crippen molar-refractivity contribution in [3.8, 4) is 0 Å². The molecule has 2 N–H and O–H groups in total. The van der Waals surface area contributed by atoms with Gasteiger partial charge in [-0.1, -0.05) is 15.9 Å². The molecule has 0 spiro atoms.